The van der Waals surface area contributed by atoms with Gasteiger partial charge in [-0.1, -0.05) is 48.3 Å². The van der Waals surface area contributed by atoms with E-state index in [2.05, 4.69) is 5.32 Å². The number of carbonyl (C=O) groups is 1. The highest BCUT2D eigenvalue weighted by Crippen LogP contribution is 2.24. The van der Waals surface area contributed by atoms with Crippen molar-refractivity contribution in [2.45, 2.75) is 25.9 Å². The van der Waals surface area contributed by atoms with Crippen molar-refractivity contribution in [3.63, 3.8) is 0 Å². The van der Waals surface area contributed by atoms with Gasteiger partial charge in [-0.05, 0) is 42.3 Å². The van der Waals surface area contributed by atoms with Crippen LogP contribution in [0.1, 0.15) is 18.9 Å². The fourth-order valence-electron chi connectivity index (χ4n) is 2.59. The van der Waals surface area contributed by atoms with E-state index in [4.69, 9.17) is 23.2 Å². The second kappa shape index (κ2) is 8.75. The zero-order valence-corrected chi connectivity index (χ0v) is 16.8. The molecule has 0 aliphatic rings. The Morgan fingerprint density at radius 1 is 1.12 bits per heavy atom. The third kappa shape index (κ3) is 5.13. The van der Waals surface area contributed by atoms with Crippen molar-refractivity contribution in [3.05, 3.63) is 64.1 Å². The topological polar surface area (TPSA) is 66.5 Å². The van der Waals surface area contributed by atoms with Crippen molar-refractivity contribution in [1.82, 2.24) is 5.32 Å². The first-order chi connectivity index (χ1) is 12.2. The smallest absolute Gasteiger partial charge is 0.244 e. The van der Waals surface area contributed by atoms with Gasteiger partial charge in [0, 0.05) is 16.6 Å². The molecule has 26 heavy (non-hydrogen) atoms. The molecule has 0 radical (unpaired) electrons. The molecule has 2 rings (SSSR count). The van der Waals surface area contributed by atoms with Gasteiger partial charge in [0.15, 0.2) is 0 Å². The lowest BCUT2D eigenvalue weighted by Crippen LogP contribution is -2.49. The molecule has 0 aromatic heterocycles. The fraction of sp³-hybridized carbons (Fsp3) is 0.278. The summed E-state index contributed by atoms with van der Waals surface area (Å²) >= 11 is 12.0. The molecule has 0 fully saturated rings. The van der Waals surface area contributed by atoms with E-state index in [0.717, 1.165) is 16.1 Å². The predicted octanol–water partition coefficient (Wildman–Crippen LogP) is 3.85. The van der Waals surface area contributed by atoms with Crippen molar-refractivity contribution >= 4 is 44.8 Å². The van der Waals surface area contributed by atoms with Crippen LogP contribution >= 0.6 is 23.2 Å². The van der Waals surface area contributed by atoms with Crippen LogP contribution in [-0.2, 0) is 21.4 Å². The van der Waals surface area contributed by atoms with Gasteiger partial charge in [-0.3, -0.25) is 9.10 Å². The average Bonchev–Trinajstić information content (AvgIpc) is 2.58. The SMILES string of the molecule is CCC(C(=O)NCc1ccccc1Cl)N(c1ccc(Cl)cc1)S(C)(=O)=O. The maximum atomic E-state index is 12.7. The molecular formula is C18H20Cl2N2O3S. The second-order valence-corrected chi connectivity index (χ2v) is 8.47. The van der Waals surface area contributed by atoms with Crippen LogP contribution in [-0.4, -0.2) is 26.6 Å². The summed E-state index contributed by atoms with van der Waals surface area (Å²) in [5.74, 6) is -0.396. The Kier molecular flexibility index (Phi) is 6.92. The minimum absolute atomic E-state index is 0.216. The molecule has 5 nitrogen and oxygen atoms in total. The zero-order valence-electron chi connectivity index (χ0n) is 14.4. The molecule has 2 aromatic rings. The van der Waals surface area contributed by atoms with Gasteiger partial charge in [0.2, 0.25) is 15.9 Å². The van der Waals surface area contributed by atoms with Gasteiger partial charge in [0.1, 0.15) is 6.04 Å². The van der Waals surface area contributed by atoms with E-state index in [9.17, 15) is 13.2 Å². The first kappa shape index (κ1) is 20.6. The molecule has 0 aliphatic heterocycles. The summed E-state index contributed by atoms with van der Waals surface area (Å²) in [4.78, 5) is 12.7. The van der Waals surface area contributed by atoms with Crippen molar-refractivity contribution in [2.24, 2.45) is 0 Å². The number of anilines is 1. The van der Waals surface area contributed by atoms with Crippen molar-refractivity contribution in [1.29, 1.82) is 0 Å². The molecule has 1 N–H and O–H groups in total. The standard InChI is InChI=1S/C18H20Cl2N2O3S/c1-3-17(18(23)21-12-13-6-4-5-7-16(13)20)22(26(2,24)25)15-10-8-14(19)9-11-15/h4-11,17H,3,12H2,1-2H3,(H,21,23). The Labute approximate surface area is 164 Å². The quantitative estimate of drug-likeness (QED) is 0.747. The van der Waals surface area contributed by atoms with Crippen LogP contribution in [0.5, 0.6) is 0 Å². The number of rotatable bonds is 7. The molecule has 1 unspecified atom stereocenters. The Hall–Kier alpha value is -1.76. The first-order valence-electron chi connectivity index (χ1n) is 8.00. The summed E-state index contributed by atoms with van der Waals surface area (Å²) in [6.07, 6.45) is 1.38. The number of hydrogen-bond donors (Lipinski definition) is 1. The lowest BCUT2D eigenvalue weighted by molar-refractivity contribution is -0.122. The largest absolute Gasteiger partial charge is 0.350 e. The maximum Gasteiger partial charge on any atom is 0.244 e. The zero-order chi connectivity index (χ0) is 19.3. The molecule has 1 amide bonds. The van der Waals surface area contributed by atoms with E-state index < -0.39 is 22.0 Å². The summed E-state index contributed by atoms with van der Waals surface area (Å²) < 4.78 is 25.8. The van der Waals surface area contributed by atoms with E-state index in [0.29, 0.717) is 22.2 Å². The van der Waals surface area contributed by atoms with Crippen molar-refractivity contribution in [3.8, 4) is 0 Å². The number of benzene rings is 2. The van der Waals surface area contributed by atoms with Crippen LogP contribution in [0.4, 0.5) is 5.69 Å². The second-order valence-electron chi connectivity index (χ2n) is 5.77. The van der Waals surface area contributed by atoms with Gasteiger partial charge in [0.05, 0.1) is 11.9 Å². The van der Waals surface area contributed by atoms with Gasteiger partial charge >= 0.3 is 0 Å². The van der Waals surface area contributed by atoms with Crippen LogP contribution in [0.15, 0.2) is 48.5 Å². The molecule has 0 aliphatic carbocycles. The summed E-state index contributed by atoms with van der Waals surface area (Å²) in [5, 5.41) is 3.79. The average molecular weight is 415 g/mol. The molecule has 0 bridgehead atoms. The molecule has 0 saturated carbocycles. The molecule has 0 saturated heterocycles. The summed E-state index contributed by atoms with van der Waals surface area (Å²) in [6.45, 7) is 1.97. The molecule has 0 heterocycles. The number of nitrogens with zero attached hydrogens (tertiary/aromatic N) is 1. The Balaban J connectivity index is 2.25. The van der Waals surface area contributed by atoms with E-state index in [1.165, 1.54) is 0 Å². The lowest BCUT2D eigenvalue weighted by Gasteiger charge is -2.30. The van der Waals surface area contributed by atoms with Crippen molar-refractivity contribution < 1.29 is 13.2 Å². The number of amides is 1. The van der Waals surface area contributed by atoms with Crippen LogP contribution in [0.2, 0.25) is 10.0 Å². The highest BCUT2D eigenvalue weighted by atomic mass is 35.5. The number of carbonyl (C=O) groups excluding carboxylic acids is 1. The number of halogens is 2. The molecule has 2 aromatic carbocycles. The van der Waals surface area contributed by atoms with Gasteiger partial charge in [-0.15, -0.1) is 0 Å². The first-order valence-corrected chi connectivity index (χ1v) is 10.6. The van der Waals surface area contributed by atoms with Crippen LogP contribution < -0.4 is 9.62 Å². The number of sulfonamides is 1. The third-order valence-electron chi connectivity index (χ3n) is 3.82. The summed E-state index contributed by atoms with van der Waals surface area (Å²) in [5.41, 5.74) is 1.14. The Morgan fingerprint density at radius 2 is 1.73 bits per heavy atom. The van der Waals surface area contributed by atoms with E-state index in [1.54, 1.807) is 49.4 Å². The number of hydrogen-bond acceptors (Lipinski definition) is 3. The molecule has 0 spiro atoms. The number of nitrogens with one attached hydrogen (secondary N) is 1. The summed E-state index contributed by atoms with van der Waals surface area (Å²) in [7, 11) is -3.67. The normalized spacial score (nSPS) is 12.5. The van der Waals surface area contributed by atoms with E-state index in [-0.39, 0.29) is 6.54 Å². The highest BCUT2D eigenvalue weighted by Gasteiger charge is 2.31. The Bertz CT molecular complexity index is 870. The molecule has 8 heteroatoms. The molecular weight excluding hydrogens is 395 g/mol. The van der Waals surface area contributed by atoms with Gasteiger partial charge in [-0.2, -0.15) is 0 Å². The Morgan fingerprint density at radius 3 is 2.27 bits per heavy atom. The van der Waals surface area contributed by atoms with Gasteiger partial charge in [-0.25, -0.2) is 8.42 Å². The maximum absolute atomic E-state index is 12.7. The molecule has 140 valence electrons. The predicted molar refractivity (Wildman–Crippen MR) is 106 cm³/mol. The molecule has 1 atom stereocenters. The van der Waals surface area contributed by atoms with Crippen molar-refractivity contribution in [2.75, 3.05) is 10.6 Å². The van der Waals surface area contributed by atoms with E-state index >= 15 is 0 Å². The highest BCUT2D eigenvalue weighted by molar-refractivity contribution is 7.92. The van der Waals surface area contributed by atoms with Crippen LogP contribution in [0.25, 0.3) is 0 Å². The van der Waals surface area contributed by atoms with Crippen LogP contribution in [0.3, 0.4) is 0 Å². The minimum atomic E-state index is -3.67. The van der Waals surface area contributed by atoms with Crippen LogP contribution in [0, 0.1) is 0 Å². The van der Waals surface area contributed by atoms with Gasteiger partial charge < -0.3 is 5.32 Å². The summed E-state index contributed by atoms with van der Waals surface area (Å²) in [6, 6.07) is 12.6. The minimum Gasteiger partial charge on any atom is -0.350 e. The lowest BCUT2D eigenvalue weighted by atomic mass is 10.1. The third-order valence-corrected chi connectivity index (χ3v) is 5.62. The van der Waals surface area contributed by atoms with Gasteiger partial charge in [0.25, 0.3) is 0 Å². The fourth-order valence-corrected chi connectivity index (χ4v) is 4.13. The van der Waals surface area contributed by atoms with E-state index in [1.807, 2.05) is 6.07 Å². The monoisotopic (exact) mass is 414 g/mol.